The van der Waals surface area contributed by atoms with Crippen molar-refractivity contribution in [1.29, 1.82) is 0 Å². The first kappa shape index (κ1) is 44.2. The summed E-state index contributed by atoms with van der Waals surface area (Å²) in [7, 11) is 0. The number of furan rings is 1. The molecule has 5 heterocycles. The van der Waals surface area contributed by atoms with Gasteiger partial charge in [0.1, 0.15) is 24.1 Å². The van der Waals surface area contributed by atoms with E-state index in [0.29, 0.717) is 0 Å². The molecule has 0 amide bonds. The van der Waals surface area contributed by atoms with Gasteiger partial charge in [0.25, 0.3) is 5.97 Å². The Hall–Kier alpha value is -5.01. The number of carbonyl (C=O) groups excluding carboxylic acids is 7. The molecule has 4 spiro atoms. The fourth-order valence-corrected chi connectivity index (χ4v) is 14.2. The topological polar surface area (TPSA) is 245 Å². The van der Waals surface area contributed by atoms with Crippen LogP contribution in [0.25, 0.3) is 0 Å². The minimum atomic E-state index is -2.46. The molecular weight excluding hydrogens is 844 g/mol. The Morgan fingerprint density at radius 1 is 0.875 bits per heavy atom. The van der Waals surface area contributed by atoms with E-state index in [9.17, 15) is 33.9 Å². The van der Waals surface area contributed by atoms with E-state index < -0.39 is 159 Å². The van der Waals surface area contributed by atoms with E-state index in [2.05, 4.69) is 0 Å². The molecule has 8 aliphatic rings. The molecule has 1 aromatic heterocycles. The maximum atomic E-state index is 15.4. The highest BCUT2D eigenvalue weighted by Crippen LogP contribution is 2.91. The lowest BCUT2D eigenvalue weighted by molar-refractivity contribution is -0.498. The van der Waals surface area contributed by atoms with Gasteiger partial charge in [0.2, 0.25) is 5.60 Å². The molecule has 19 heteroatoms. The van der Waals surface area contributed by atoms with Gasteiger partial charge in [-0.05, 0) is 18.4 Å². The molecule has 64 heavy (non-hydrogen) atoms. The van der Waals surface area contributed by atoms with Crippen LogP contribution in [-0.4, -0.2) is 106 Å². The van der Waals surface area contributed by atoms with E-state index in [-0.39, 0.29) is 24.8 Å². The molecule has 15 atom stereocenters. The van der Waals surface area contributed by atoms with Crippen LogP contribution in [0, 0.1) is 39.9 Å². The number of esters is 7. The van der Waals surface area contributed by atoms with Crippen molar-refractivity contribution in [1.82, 2.24) is 0 Å². The minimum absolute atomic E-state index is 0.155. The molecule has 4 aliphatic heterocycles. The van der Waals surface area contributed by atoms with Gasteiger partial charge in [0, 0.05) is 57.4 Å². The quantitative estimate of drug-likeness (QED) is 0.151. The lowest BCUT2D eigenvalue weighted by atomic mass is 9.31. The number of hydrogen-bond donors (Lipinski definition) is 1. The zero-order chi connectivity index (χ0) is 46.7. The minimum Gasteiger partial charge on any atom is -0.512 e. The van der Waals surface area contributed by atoms with Gasteiger partial charge in [0.15, 0.2) is 35.6 Å². The third-order valence-corrected chi connectivity index (χ3v) is 15.7. The number of fused-ring (bicyclic) bond motifs is 4. The standard InChI is InChI=1S/C45H54O19/c1-12-25(49)28-29-39(10,30(56-21(6)46)24-13-14-54-16-24)31(58-33(51)19(2)3)32(59-34(52)20(4)5)45-41-18-55-27(50)15-26(41)38(9)17-42(41)44(61-23(8)48,36(38)57-22(7)47)37(60-35(28)53)43(29,45)63-40(11,62-42)64-45/h13-14,16,19-20,26,29-32,36-37,49H,12,15,17-18H2,1-11H3/b28-25-/t26-,29+,30-,31-,32+,36-,37-,38+,39+,40+,41+,42+,43+,44-,45-/m0/s1. The number of cyclic esters (lactones) is 1. The number of rotatable bonds is 10. The number of hydrogen-bond acceptors (Lipinski definition) is 19. The molecule has 4 aliphatic carbocycles. The Balaban J connectivity index is 1.54. The van der Waals surface area contributed by atoms with Crippen LogP contribution in [-0.2, 0) is 80.9 Å². The molecule has 4 bridgehead atoms. The smallest absolute Gasteiger partial charge is 0.338 e. The fourth-order valence-electron chi connectivity index (χ4n) is 14.2. The molecule has 0 unspecified atom stereocenters. The van der Waals surface area contributed by atoms with Crippen molar-refractivity contribution in [3.05, 3.63) is 35.5 Å². The van der Waals surface area contributed by atoms with Gasteiger partial charge in [0.05, 0.1) is 40.8 Å². The Labute approximate surface area is 368 Å². The SMILES string of the molecule is CC/C(O)=C1/C(=O)O[C@@H]2[C@@]3(OC(C)=O)[C@@H](OC(C)=O)[C@]4(C)C[C@]35O[C@]3(C)O[C@]26[C@H]1[C@](C)([C@@H](OC(C)=O)c1ccoc1)[C@@H](OC(=O)C(C)C)[C@@H](OC(=O)C(C)C)[C@]6(O3)[C@@]51COC(=O)C[C@@H]41. The van der Waals surface area contributed by atoms with Crippen molar-refractivity contribution in [2.24, 2.45) is 39.9 Å². The normalized spacial score (nSPS) is 45.1. The molecule has 1 aromatic rings. The molecular formula is C45H54O19. The van der Waals surface area contributed by atoms with Crippen LogP contribution in [0.3, 0.4) is 0 Å². The Morgan fingerprint density at radius 3 is 2.09 bits per heavy atom. The van der Waals surface area contributed by atoms with Gasteiger partial charge in [-0.15, -0.1) is 0 Å². The molecule has 4 saturated carbocycles. The number of aliphatic hydroxyl groups is 1. The highest BCUT2D eigenvalue weighted by atomic mass is 16.9. The lowest BCUT2D eigenvalue weighted by Crippen LogP contribution is -2.99. The average Bonchev–Trinajstić information content (AvgIpc) is 3.91. The van der Waals surface area contributed by atoms with E-state index in [1.165, 1.54) is 32.4 Å². The third kappa shape index (κ3) is 4.80. The summed E-state index contributed by atoms with van der Waals surface area (Å²) in [5.74, 6) is -13.3. The first-order valence-corrected chi connectivity index (χ1v) is 21.7. The van der Waals surface area contributed by atoms with E-state index in [1.54, 1.807) is 41.5 Å². The van der Waals surface area contributed by atoms with Gasteiger partial charge in [-0.2, -0.15) is 0 Å². The van der Waals surface area contributed by atoms with Crippen molar-refractivity contribution >= 4 is 41.8 Å². The first-order chi connectivity index (χ1) is 29.9. The Morgan fingerprint density at radius 2 is 1.53 bits per heavy atom. The molecule has 9 rings (SSSR count). The fraction of sp³-hybridized carbons (Fsp3) is 0.711. The van der Waals surface area contributed by atoms with Gasteiger partial charge >= 0.3 is 41.8 Å². The molecule has 19 nitrogen and oxygen atoms in total. The summed E-state index contributed by atoms with van der Waals surface area (Å²) in [4.78, 5) is 99.1. The van der Waals surface area contributed by atoms with E-state index >= 15 is 4.79 Å². The average molecular weight is 899 g/mol. The maximum absolute atomic E-state index is 15.4. The Bertz CT molecular complexity index is 2300. The van der Waals surface area contributed by atoms with Crippen LogP contribution in [0.15, 0.2) is 34.3 Å². The summed E-state index contributed by atoms with van der Waals surface area (Å²) in [6, 6.07) is 1.49. The van der Waals surface area contributed by atoms with Gasteiger partial charge in [-0.3, -0.25) is 28.8 Å². The number of allylic oxidation sites excluding steroid dienone is 1. The second-order valence-corrected chi connectivity index (χ2v) is 19.8. The first-order valence-electron chi connectivity index (χ1n) is 21.7. The second kappa shape index (κ2) is 13.5. The highest BCUT2D eigenvalue weighted by Gasteiger charge is 3.09. The van der Waals surface area contributed by atoms with Crippen molar-refractivity contribution in [3.8, 4) is 0 Å². The summed E-state index contributed by atoms with van der Waals surface area (Å²) in [5, 5.41) is 12.2. The largest absolute Gasteiger partial charge is 0.512 e. The number of carbonyl (C=O) groups is 7. The maximum Gasteiger partial charge on any atom is 0.338 e. The van der Waals surface area contributed by atoms with Gasteiger partial charge in [-0.1, -0.05) is 48.5 Å². The van der Waals surface area contributed by atoms with Crippen LogP contribution < -0.4 is 0 Å². The van der Waals surface area contributed by atoms with Crippen LogP contribution in [0.1, 0.15) is 107 Å². The van der Waals surface area contributed by atoms with Crippen molar-refractivity contribution < 1.29 is 90.5 Å². The lowest BCUT2D eigenvalue weighted by Gasteiger charge is -2.79. The number of aliphatic hydroxyl groups excluding tert-OH is 1. The Kier molecular flexibility index (Phi) is 9.34. The summed E-state index contributed by atoms with van der Waals surface area (Å²) in [6.45, 7) is 15.4. The summed E-state index contributed by atoms with van der Waals surface area (Å²) in [6.07, 6.45) is -6.90. The molecule has 348 valence electrons. The molecule has 0 radical (unpaired) electrons. The predicted octanol–water partition coefficient (Wildman–Crippen LogP) is 3.99. The summed E-state index contributed by atoms with van der Waals surface area (Å²) < 4.78 is 73.0. The summed E-state index contributed by atoms with van der Waals surface area (Å²) in [5.41, 5.74) is -14.9. The van der Waals surface area contributed by atoms with Crippen LogP contribution in [0.5, 0.6) is 0 Å². The predicted molar refractivity (Wildman–Crippen MR) is 208 cm³/mol. The molecule has 1 N–H and O–H groups in total. The summed E-state index contributed by atoms with van der Waals surface area (Å²) >= 11 is 0. The van der Waals surface area contributed by atoms with Crippen LogP contribution in [0.4, 0.5) is 0 Å². The van der Waals surface area contributed by atoms with E-state index in [1.807, 2.05) is 0 Å². The third-order valence-electron chi connectivity index (χ3n) is 15.7. The van der Waals surface area contributed by atoms with Crippen molar-refractivity contribution in [3.63, 3.8) is 0 Å². The zero-order valence-corrected chi connectivity index (χ0v) is 37.6. The highest BCUT2D eigenvalue weighted by molar-refractivity contribution is 5.93. The monoisotopic (exact) mass is 898 g/mol. The van der Waals surface area contributed by atoms with Crippen LogP contribution in [0.2, 0.25) is 0 Å². The van der Waals surface area contributed by atoms with Gasteiger partial charge in [-0.25, -0.2) is 4.79 Å². The molecule has 4 saturated heterocycles. The molecule has 8 fully saturated rings. The van der Waals surface area contributed by atoms with E-state index in [0.717, 1.165) is 20.8 Å². The second-order valence-electron chi connectivity index (χ2n) is 19.8. The van der Waals surface area contributed by atoms with E-state index in [4.69, 9.17) is 51.8 Å². The molecule has 0 aromatic carbocycles. The number of ether oxygens (including phenoxy) is 10. The van der Waals surface area contributed by atoms with Gasteiger partial charge < -0.3 is 56.9 Å². The zero-order valence-electron chi connectivity index (χ0n) is 37.6. The van der Waals surface area contributed by atoms with Crippen molar-refractivity contribution in [2.45, 2.75) is 154 Å². The van der Waals surface area contributed by atoms with Crippen LogP contribution >= 0.6 is 0 Å². The van der Waals surface area contributed by atoms with Crippen molar-refractivity contribution in [2.75, 3.05) is 6.61 Å².